The number of Topliss-reactive ketones (excluding diaryl/α,β-unsaturated/α-hetero) is 1. The van der Waals surface area contributed by atoms with Crippen LogP contribution >= 0.6 is 0 Å². The number of nitrogens with zero attached hydrogens (tertiary/aromatic N) is 1. The van der Waals surface area contributed by atoms with Crippen molar-refractivity contribution in [2.45, 2.75) is 65.0 Å². The van der Waals surface area contributed by atoms with E-state index in [4.69, 9.17) is 14.2 Å². The summed E-state index contributed by atoms with van der Waals surface area (Å²) in [4.78, 5) is 28.3. The van der Waals surface area contributed by atoms with E-state index in [9.17, 15) is 9.59 Å². The maximum Gasteiger partial charge on any atom is 0.254 e. The molecule has 2 fully saturated rings. The van der Waals surface area contributed by atoms with Crippen LogP contribution in [0, 0.1) is 24.7 Å². The number of ketones is 1. The predicted octanol–water partition coefficient (Wildman–Crippen LogP) is 3.46. The maximum atomic E-state index is 13.6. The molecule has 1 aromatic carbocycles. The van der Waals surface area contributed by atoms with Crippen LogP contribution in [0.5, 0.6) is 5.75 Å². The Morgan fingerprint density at radius 1 is 1.08 bits per heavy atom. The minimum atomic E-state index is 0.0298. The third-order valence-electron chi connectivity index (χ3n) is 8.15. The van der Waals surface area contributed by atoms with E-state index in [-0.39, 0.29) is 17.9 Å². The number of carbonyl (C=O) groups excluding carboxylic acids is 2. The van der Waals surface area contributed by atoms with Crippen LogP contribution in [0.3, 0.4) is 0 Å². The molecule has 2 atom stereocenters. The molecule has 1 aliphatic heterocycles. The van der Waals surface area contributed by atoms with Crippen LogP contribution in [0.4, 0.5) is 0 Å². The highest BCUT2D eigenvalue weighted by atomic mass is 16.5. The minimum Gasteiger partial charge on any atom is -0.493 e. The predicted molar refractivity (Wildman–Crippen MR) is 150 cm³/mol. The van der Waals surface area contributed by atoms with E-state index in [2.05, 4.69) is 24.5 Å². The van der Waals surface area contributed by atoms with Crippen LogP contribution < -0.4 is 15.4 Å². The van der Waals surface area contributed by atoms with E-state index >= 15 is 0 Å². The summed E-state index contributed by atoms with van der Waals surface area (Å²) in [6, 6.07) is 5.80. The van der Waals surface area contributed by atoms with Crippen molar-refractivity contribution in [1.82, 2.24) is 15.5 Å². The Balaban J connectivity index is 1.53. The van der Waals surface area contributed by atoms with Crippen molar-refractivity contribution < 1.29 is 23.8 Å². The molecule has 1 saturated heterocycles. The van der Waals surface area contributed by atoms with Crippen LogP contribution in [0.1, 0.15) is 61.9 Å². The second-order valence-electron chi connectivity index (χ2n) is 11.2. The lowest BCUT2D eigenvalue weighted by Crippen LogP contribution is -2.43. The minimum absolute atomic E-state index is 0.0298. The molecule has 8 heteroatoms. The van der Waals surface area contributed by atoms with Crippen molar-refractivity contribution in [3.05, 3.63) is 29.3 Å². The third kappa shape index (κ3) is 8.76. The monoisotopic (exact) mass is 531 g/mol. The molecule has 214 valence electrons. The lowest BCUT2D eigenvalue weighted by molar-refractivity contribution is -0.123. The lowest BCUT2D eigenvalue weighted by atomic mass is 9.84. The standard InChI is InChI=1S/C30H49N3O5/c1-21(2)33(30(35)24-8-7-22(3)29(15-24)38-14-6-13-36-4)20-26-18-31-16-25(26)17-32-19-28(34)23-9-11-27(37-5)12-10-23/h7-8,15,21,23,25-27,31-32H,6,9-14,16-20H2,1-5H3/t23?,25-,26-,27?/m0/s1. The zero-order chi connectivity index (χ0) is 27.5. The Morgan fingerprint density at radius 3 is 2.50 bits per heavy atom. The summed E-state index contributed by atoms with van der Waals surface area (Å²) in [5.41, 5.74) is 1.67. The van der Waals surface area contributed by atoms with E-state index in [1.807, 2.05) is 30.0 Å². The number of amides is 1. The van der Waals surface area contributed by atoms with Crippen molar-refractivity contribution >= 4 is 11.7 Å². The molecule has 1 saturated carbocycles. The van der Waals surface area contributed by atoms with Gasteiger partial charge in [-0.1, -0.05) is 6.07 Å². The molecule has 0 radical (unpaired) electrons. The van der Waals surface area contributed by atoms with Crippen molar-refractivity contribution in [3.63, 3.8) is 0 Å². The van der Waals surface area contributed by atoms with Gasteiger partial charge in [0, 0.05) is 57.9 Å². The summed E-state index contributed by atoms with van der Waals surface area (Å²) in [6.07, 6.45) is 4.92. The number of methoxy groups -OCH3 is 2. The summed E-state index contributed by atoms with van der Waals surface area (Å²) in [6.45, 7) is 11.0. The summed E-state index contributed by atoms with van der Waals surface area (Å²) in [7, 11) is 3.44. The quantitative estimate of drug-likeness (QED) is 0.335. The summed E-state index contributed by atoms with van der Waals surface area (Å²) in [5, 5.41) is 6.94. The van der Waals surface area contributed by atoms with Gasteiger partial charge in [-0.05, 0) is 89.1 Å². The molecule has 3 rings (SSSR count). The fourth-order valence-corrected chi connectivity index (χ4v) is 5.61. The highest BCUT2D eigenvalue weighted by Crippen LogP contribution is 2.27. The molecule has 1 amide bonds. The van der Waals surface area contributed by atoms with Crippen LogP contribution in [-0.2, 0) is 14.3 Å². The number of aryl methyl sites for hydroxylation is 1. The first-order valence-electron chi connectivity index (χ1n) is 14.3. The highest BCUT2D eigenvalue weighted by molar-refractivity contribution is 5.95. The molecule has 0 unspecified atom stereocenters. The molecular formula is C30H49N3O5. The number of carbonyl (C=O) groups is 2. The fourth-order valence-electron chi connectivity index (χ4n) is 5.61. The number of hydrogen-bond acceptors (Lipinski definition) is 7. The van der Waals surface area contributed by atoms with Crippen molar-refractivity contribution in [3.8, 4) is 5.75 Å². The SMILES string of the molecule is COCCCOc1cc(C(=O)N(C[C@@H]2CNC[C@H]2CNCC(=O)C2CCC(OC)CC2)C(C)C)ccc1C. The van der Waals surface area contributed by atoms with Crippen molar-refractivity contribution in [1.29, 1.82) is 0 Å². The van der Waals surface area contributed by atoms with Gasteiger partial charge in [-0.15, -0.1) is 0 Å². The van der Waals surface area contributed by atoms with Gasteiger partial charge in [-0.3, -0.25) is 9.59 Å². The first-order chi connectivity index (χ1) is 18.3. The van der Waals surface area contributed by atoms with Gasteiger partial charge in [0.1, 0.15) is 11.5 Å². The van der Waals surface area contributed by atoms with Gasteiger partial charge in [0.15, 0.2) is 0 Å². The Labute approximate surface area is 229 Å². The normalized spacial score (nSPS) is 23.5. The summed E-state index contributed by atoms with van der Waals surface area (Å²) in [5.74, 6) is 1.96. The number of nitrogens with one attached hydrogen (secondary N) is 2. The Morgan fingerprint density at radius 2 is 1.82 bits per heavy atom. The molecule has 38 heavy (non-hydrogen) atoms. The van der Waals surface area contributed by atoms with Gasteiger partial charge in [0.25, 0.3) is 5.91 Å². The lowest BCUT2D eigenvalue weighted by Gasteiger charge is -2.32. The molecule has 1 aliphatic carbocycles. The van der Waals surface area contributed by atoms with Crippen molar-refractivity contribution in [2.75, 3.05) is 60.2 Å². The first kappa shape index (κ1) is 30.5. The molecule has 0 spiro atoms. The largest absolute Gasteiger partial charge is 0.493 e. The molecule has 1 heterocycles. The summed E-state index contributed by atoms with van der Waals surface area (Å²) >= 11 is 0. The smallest absolute Gasteiger partial charge is 0.254 e. The topological polar surface area (TPSA) is 89.1 Å². The van der Waals surface area contributed by atoms with E-state index < -0.39 is 0 Å². The average Bonchev–Trinajstić information content (AvgIpc) is 3.37. The molecular weight excluding hydrogens is 482 g/mol. The Bertz CT molecular complexity index is 885. The second kappa shape index (κ2) is 15.6. The first-order valence-corrected chi connectivity index (χ1v) is 14.3. The molecule has 2 N–H and O–H groups in total. The van der Waals surface area contributed by atoms with E-state index in [1.165, 1.54) is 0 Å². The van der Waals surface area contributed by atoms with Crippen LogP contribution in [0.25, 0.3) is 0 Å². The zero-order valence-corrected chi connectivity index (χ0v) is 24.1. The molecule has 0 aromatic heterocycles. The van der Waals surface area contributed by atoms with Gasteiger partial charge in [-0.2, -0.15) is 0 Å². The van der Waals surface area contributed by atoms with E-state index in [1.54, 1.807) is 14.2 Å². The van der Waals surface area contributed by atoms with E-state index in [0.717, 1.165) is 63.1 Å². The zero-order valence-electron chi connectivity index (χ0n) is 24.1. The number of benzene rings is 1. The fraction of sp³-hybridized carbons (Fsp3) is 0.733. The molecule has 0 bridgehead atoms. The van der Waals surface area contributed by atoms with E-state index in [0.29, 0.717) is 55.6 Å². The Hall–Kier alpha value is -2.00. The van der Waals surface area contributed by atoms with Crippen LogP contribution in [-0.4, -0.2) is 88.9 Å². The molecule has 8 nitrogen and oxygen atoms in total. The highest BCUT2D eigenvalue weighted by Gasteiger charge is 2.32. The number of rotatable bonds is 15. The molecule has 2 aliphatic rings. The van der Waals surface area contributed by atoms with Crippen molar-refractivity contribution in [2.24, 2.45) is 17.8 Å². The average molecular weight is 532 g/mol. The number of hydrogen-bond donors (Lipinski definition) is 2. The molecule has 1 aromatic rings. The Kier molecular flexibility index (Phi) is 12.5. The van der Waals surface area contributed by atoms with Gasteiger partial charge < -0.3 is 29.7 Å². The van der Waals surface area contributed by atoms with Crippen LogP contribution in [0.15, 0.2) is 18.2 Å². The van der Waals surface area contributed by atoms with Crippen LogP contribution in [0.2, 0.25) is 0 Å². The second-order valence-corrected chi connectivity index (χ2v) is 11.2. The van der Waals surface area contributed by atoms with Gasteiger partial charge in [0.2, 0.25) is 0 Å². The summed E-state index contributed by atoms with van der Waals surface area (Å²) < 4.78 is 16.5. The van der Waals surface area contributed by atoms with Gasteiger partial charge >= 0.3 is 0 Å². The maximum absolute atomic E-state index is 13.6. The number of ether oxygens (including phenoxy) is 3. The van der Waals surface area contributed by atoms with Gasteiger partial charge in [-0.25, -0.2) is 0 Å². The third-order valence-corrected chi connectivity index (χ3v) is 8.15. The van der Waals surface area contributed by atoms with Gasteiger partial charge in [0.05, 0.1) is 19.3 Å².